The van der Waals surface area contributed by atoms with Gasteiger partial charge in [-0.3, -0.25) is 0 Å². The van der Waals surface area contributed by atoms with E-state index in [1.165, 1.54) is 71.0 Å². The molecule has 0 amide bonds. The van der Waals surface area contributed by atoms with Crippen molar-refractivity contribution in [3.05, 3.63) is 0 Å². The van der Waals surface area contributed by atoms with Crippen LogP contribution in [0, 0.1) is 0 Å². The van der Waals surface area contributed by atoms with E-state index in [9.17, 15) is 0 Å². The van der Waals surface area contributed by atoms with Crippen LogP contribution in [-0.4, -0.2) is 30.1 Å². The first-order chi connectivity index (χ1) is 7.70. The molecule has 1 saturated carbocycles. The number of nitrogens with two attached hydrogens (primary N) is 1. The van der Waals surface area contributed by atoms with Gasteiger partial charge in [-0.2, -0.15) is 0 Å². The maximum atomic E-state index is 6.47. The fourth-order valence-electron chi connectivity index (χ4n) is 2.85. The third kappa shape index (κ3) is 4.84. The molecule has 16 heavy (non-hydrogen) atoms. The fourth-order valence-corrected chi connectivity index (χ4v) is 2.85. The summed E-state index contributed by atoms with van der Waals surface area (Å²) in [6.45, 7) is 8.22. The summed E-state index contributed by atoms with van der Waals surface area (Å²) in [5.74, 6) is 0. The molecule has 1 aliphatic rings. The first kappa shape index (κ1) is 14.0. The van der Waals surface area contributed by atoms with Crippen molar-refractivity contribution in [2.45, 2.75) is 70.8 Å². The molecule has 2 nitrogen and oxygen atoms in total. The molecule has 1 fully saturated rings. The minimum absolute atomic E-state index is 0.165. The Hall–Kier alpha value is -0.0800. The Balaban J connectivity index is 2.28. The highest BCUT2D eigenvalue weighted by Gasteiger charge is 2.27. The van der Waals surface area contributed by atoms with Crippen LogP contribution in [0.2, 0.25) is 0 Å². The Labute approximate surface area is 102 Å². The molecule has 2 N–H and O–H groups in total. The smallest absolute Gasteiger partial charge is 0.0166 e. The van der Waals surface area contributed by atoms with Crippen molar-refractivity contribution in [3.8, 4) is 0 Å². The van der Waals surface area contributed by atoms with E-state index in [0.29, 0.717) is 0 Å². The first-order valence-corrected chi connectivity index (χ1v) is 7.21. The van der Waals surface area contributed by atoms with Crippen molar-refractivity contribution in [2.24, 2.45) is 5.73 Å². The van der Waals surface area contributed by atoms with E-state index in [0.717, 1.165) is 0 Å². The van der Waals surface area contributed by atoms with Gasteiger partial charge in [-0.1, -0.05) is 33.1 Å². The number of hydrogen-bond donors (Lipinski definition) is 1. The second kappa shape index (κ2) is 7.29. The Bertz CT molecular complexity index is 168. The van der Waals surface area contributed by atoms with E-state index in [2.05, 4.69) is 18.7 Å². The Morgan fingerprint density at radius 1 is 0.938 bits per heavy atom. The molecule has 0 spiro atoms. The van der Waals surface area contributed by atoms with Crippen LogP contribution in [0.4, 0.5) is 0 Å². The van der Waals surface area contributed by atoms with Crippen molar-refractivity contribution in [1.82, 2.24) is 4.90 Å². The van der Waals surface area contributed by atoms with E-state index in [1.807, 2.05) is 0 Å². The van der Waals surface area contributed by atoms with Crippen molar-refractivity contribution in [2.75, 3.05) is 19.6 Å². The predicted molar refractivity (Wildman–Crippen MR) is 71.6 cm³/mol. The Morgan fingerprint density at radius 3 is 2.00 bits per heavy atom. The molecule has 0 bridgehead atoms. The SMILES string of the molecule is CCCN(CCC)CCC1(N)CCCCC1. The quantitative estimate of drug-likeness (QED) is 0.722. The second-order valence-electron chi connectivity index (χ2n) is 5.51. The van der Waals surface area contributed by atoms with Gasteiger partial charge in [-0.05, 0) is 51.7 Å². The minimum atomic E-state index is 0.165. The molecule has 1 aliphatic carbocycles. The zero-order chi connectivity index (χ0) is 11.9. The van der Waals surface area contributed by atoms with Gasteiger partial charge in [0.2, 0.25) is 0 Å². The molecular weight excluding hydrogens is 196 g/mol. The van der Waals surface area contributed by atoms with Gasteiger partial charge in [-0.15, -0.1) is 0 Å². The molecule has 2 heteroatoms. The van der Waals surface area contributed by atoms with Crippen LogP contribution in [0.15, 0.2) is 0 Å². The van der Waals surface area contributed by atoms with Gasteiger partial charge in [0.15, 0.2) is 0 Å². The average molecular weight is 226 g/mol. The minimum Gasteiger partial charge on any atom is -0.325 e. The molecule has 0 aromatic carbocycles. The molecule has 0 saturated heterocycles. The molecule has 1 rings (SSSR count). The van der Waals surface area contributed by atoms with Crippen LogP contribution in [0.3, 0.4) is 0 Å². The van der Waals surface area contributed by atoms with Gasteiger partial charge >= 0.3 is 0 Å². The summed E-state index contributed by atoms with van der Waals surface area (Å²) >= 11 is 0. The largest absolute Gasteiger partial charge is 0.325 e. The Morgan fingerprint density at radius 2 is 1.50 bits per heavy atom. The average Bonchev–Trinajstić information content (AvgIpc) is 2.28. The monoisotopic (exact) mass is 226 g/mol. The molecule has 0 heterocycles. The highest BCUT2D eigenvalue weighted by atomic mass is 15.1. The van der Waals surface area contributed by atoms with E-state index in [4.69, 9.17) is 5.73 Å². The lowest BCUT2D eigenvalue weighted by Crippen LogP contribution is -2.44. The Kier molecular flexibility index (Phi) is 6.37. The lowest BCUT2D eigenvalue weighted by molar-refractivity contribution is 0.208. The second-order valence-corrected chi connectivity index (χ2v) is 5.51. The van der Waals surface area contributed by atoms with Crippen LogP contribution in [0.5, 0.6) is 0 Å². The fraction of sp³-hybridized carbons (Fsp3) is 1.00. The van der Waals surface area contributed by atoms with Gasteiger partial charge in [0.25, 0.3) is 0 Å². The maximum Gasteiger partial charge on any atom is 0.0166 e. The van der Waals surface area contributed by atoms with Gasteiger partial charge in [0, 0.05) is 5.54 Å². The highest BCUT2D eigenvalue weighted by molar-refractivity contribution is 4.87. The van der Waals surface area contributed by atoms with Crippen LogP contribution in [0.25, 0.3) is 0 Å². The lowest BCUT2D eigenvalue weighted by atomic mass is 9.80. The first-order valence-electron chi connectivity index (χ1n) is 7.21. The van der Waals surface area contributed by atoms with E-state index in [-0.39, 0.29) is 5.54 Å². The molecule has 0 atom stereocenters. The zero-order valence-corrected chi connectivity index (χ0v) is 11.3. The molecule has 0 aromatic rings. The number of rotatable bonds is 7. The summed E-state index contributed by atoms with van der Waals surface area (Å²) in [6, 6.07) is 0. The van der Waals surface area contributed by atoms with Crippen molar-refractivity contribution in [1.29, 1.82) is 0 Å². The molecule has 0 radical (unpaired) electrons. The summed E-state index contributed by atoms with van der Waals surface area (Å²) < 4.78 is 0. The molecule has 0 unspecified atom stereocenters. The van der Waals surface area contributed by atoms with Crippen LogP contribution < -0.4 is 5.73 Å². The number of nitrogens with zero attached hydrogens (tertiary/aromatic N) is 1. The number of hydrogen-bond acceptors (Lipinski definition) is 2. The third-order valence-corrected chi connectivity index (χ3v) is 3.85. The summed E-state index contributed by atoms with van der Waals surface area (Å²) in [6.07, 6.45) is 10.3. The zero-order valence-electron chi connectivity index (χ0n) is 11.3. The summed E-state index contributed by atoms with van der Waals surface area (Å²) in [5.41, 5.74) is 6.64. The maximum absolute atomic E-state index is 6.47. The topological polar surface area (TPSA) is 29.3 Å². The summed E-state index contributed by atoms with van der Waals surface area (Å²) in [7, 11) is 0. The molecular formula is C14H30N2. The molecule has 0 aliphatic heterocycles. The normalized spacial score (nSPS) is 20.2. The van der Waals surface area contributed by atoms with Crippen molar-refractivity contribution in [3.63, 3.8) is 0 Å². The van der Waals surface area contributed by atoms with Gasteiger partial charge in [-0.25, -0.2) is 0 Å². The van der Waals surface area contributed by atoms with Gasteiger partial charge < -0.3 is 10.6 Å². The van der Waals surface area contributed by atoms with E-state index >= 15 is 0 Å². The molecule has 0 aromatic heterocycles. The van der Waals surface area contributed by atoms with E-state index in [1.54, 1.807) is 0 Å². The summed E-state index contributed by atoms with van der Waals surface area (Å²) in [4.78, 5) is 2.59. The van der Waals surface area contributed by atoms with Crippen molar-refractivity contribution >= 4 is 0 Å². The predicted octanol–water partition coefficient (Wildman–Crippen LogP) is 3.16. The highest BCUT2D eigenvalue weighted by Crippen LogP contribution is 2.28. The van der Waals surface area contributed by atoms with Crippen LogP contribution in [0.1, 0.15) is 65.2 Å². The summed E-state index contributed by atoms with van der Waals surface area (Å²) in [5, 5.41) is 0. The third-order valence-electron chi connectivity index (χ3n) is 3.85. The van der Waals surface area contributed by atoms with Gasteiger partial charge in [0.1, 0.15) is 0 Å². The lowest BCUT2D eigenvalue weighted by Gasteiger charge is -2.35. The van der Waals surface area contributed by atoms with E-state index < -0.39 is 0 Å². The molecule has 96 valence electrons. The standard InChI is InChI=1S/C14H30N2/c1-3-11-16(12-4-2)13-10-14(15)8-6-5-7-9-14/h3-13,15H2,1-2H3. The van der Waals surface area contributed by atoms with Crippen LogP contribution >= 0.6 is 0 Å². The van der Waals surface area contributed by atoms with Gasteiger partial charge in [0.05, 0.1) is 0 Å². The van der Waals surface area contributed by atoms with Crippen LogP contribution in [-0.2, 0) is 0 Å². The van der Waals surface area contributed by atoms with Crippen molar-refractivity contribution < 1.29 is 0 Å².